The Morgan fingerprint density at radius 3 is 2.28 bits per heavy atom. The van der Waals surface area contributed by atoms with Gasteiger partial charge >= 0.3 is 0 Å². The highest BCUT2D eigenvalue weighted by molar-refractivity contribution is 5.81. The number of likely N-dealkylation sites (tertiary alicyclic amines) is 1. The lowest BCUT2D eigenvalue weighted by molar-refractivity contribution is -0.140. The summed E-state index contributed by atoms with van der Waals surface area (Å²) in [6, 6.07) is 9.88. The van der Waals surface area contributed by atoms with Crippen LogP contribution in [0.15, 0.2) is 30.3 Å². The van der Waals surface area contributed by atoms with Crippen LogP contribution >= 0.6 is 0 Å². The summed E-state index contributed by atoms with van der Waals surface area (Å²) in [5, 5.41) is 2.99. The van der Waals surface area contributed by atoms with Crippen LogP contribution < -0.4 is 5.32 Å². The predicted octanol–water partition coefficient (Wildman–Crippen LogP) is 1.81. The van der Waals surface area contributed by atoms with Gasteiger partial charge in [-0.25, -0.2) is 0 Å². The second kappa shape index (κ2) is 10.2. The maximum Gasteiger partial charge on any atom is 0.239 e. The Balaban J connectivity index is 1.40. The minimum absolute atomic E-state index is 0.0581. The van der Waals surface area contributed by atoms with Gasteiger partial charge in [-0.3, -0.25) is 19.4 Å². The van der Waals surface area contributed by atoms with Crippen LogP contribution in [0, 0.1) is 11.8 Å². The zero-order valence-electron chi connectivity index (χ0n) is 18.1. The van der Waals surface area contributed by atoms with Crippen molar-refractivity contribution in [3.63, 3.8) is 0 Å². The Morgan fingerprint density at radius 2 is 1.66 bits per heavy atom. The molecule has 0 bridgehead atoms. The first-order chi connectivity index (χ1) is 13.9. The Morgan fingerprint density at radius 1 is 1.03 bits per heavy atom. The molecule has 1 N–H and O–H groups in total. The van der Waals surface area contributed by atoms with Crippen LogP contribution in [0.25, 0.3) is 0 Å². The number of piperidine rings is 1. The van der Waals surface area contributed by atoms with Crippen LogP contribution in [0.4, 0.5) is 0 Å². The van der Waals surface area contributed by atoms with E-state index in [1.807, 2.05) is 37.3 Å². The highest BCUT2D eigenvalue weighted by atomic mass is 16.2. The van der Waals surface area contributed by atoms with Crippen molar-refractivity contribution in [2.75, 3.05) is 45.8 Å². The molecule has 0 saturated carbocycles. The summed E-state index contributed by atoms with van der Waals surface area (Å²) in [4.78, 5) is 31.7. The van der Waals surface area contributed by atoms with Gasteiger partial charge in [0.2, 0.25) is 11.8 Å². The first-order valence-corrected chi connectivity index (χ1v) is 11.0. The molecule has 0 aromatic heterocycles. The third kappa shape index (κ3) is 6.28. The van der Waals surface area contributed by atoms with Crippen molar-refractivity contribution in [3.05, 3.63) is 35.9 Å². The van der Waals surface area contributed by atoms with Gasteiger partial charge in [-0.2, -0.15) is 0 Å². The molecule has 6 nitrogen and oxygen atoms in total. The largest absolute Gasteiger partial charge is 0.351 e. The van der Waals surface area contributed by atoms with Gasteiger partial charge in [-0.05, 0) is 30.7 Å². The lowest BCUT2D eigenvalue weighted by Crippen LogP contribution is -2.57. The molecule has 2 fully saturated rings. The molecule has 2 aliphatic rings. The highest BCUT2D eigenvalue weighted by Gasteiger charge is 2.32. The molecule has 2 saturated heterocycles. The van der Waals surface area contributed by atoms with E-state index in [-0.39, 0.29) is 17.9 Å². The fourth-order valence-corrected chi connectivity index (χ4v) is 4.63. The molecular formula is C23H36N4O2. The lowest BCUT2D eigenvalue weighted by atomic mass is 9.91. The van der Waals surface area contributed by atoms with Gasteiger partial charge in [0.15, 0.2) is 0 Å². The fourth-order valence-electron chi connectivity index (χ4n) is 4.63. The van der Waals surface area contributed by atoms with E-state index in [2.05, 4.69) is 33.9 Å². The zero-order chi connectivity index (χ0) is 20.8. The van der Waals surface area contributed by atoms with Crippen molar-refractivity contribution < 1.29 is 9.59 Å². The minimum Gasteiger partial charge on any atom is -0.351 e. The molecule has 29 heavy (non-hydrogen) atoms. The third-order valence-corrected chi connectivity index (χ3v) is 6.19. The molecule has 2 aliphatic heterocycles. The number of nitrogens with zero attached hydrogens (tertiary/aromatic N) is 3. The van der Waals surface area contributed by atoms with Crippen molar-refractivity contribution in [3.8, 4) is 0 Å². The Bertz CT molecular complexity index is 663. The zero-order valence-corrected chi connectivity index (χ0v) is 18.1. The van der Waals surface area contributed by atoms with Gasteiger partial charge in [0.1, 0.15) is 0 Å². The normalized spacial score (nSPS) is 24.9. The van der Waals surface area contributed by atoms with Crippen molar-refractivity contribution in [2.45, 2.75) is 39.8 Å². The Hall–Kier alpha value is -1.92. The second-order valence-electron chi connectivity index (χ2n) is 8.94. The lowest BCUT2D eigenvalue weighted by Gasteiger charge is -2.41. The number of hydrogen-bond acceptors (Lipinski definition) is 4. The molecule has 0 radical (unpaired) electrons. The average Bonchev–Trinajstić information content (AvgIpc) is 2.72. The molecule has 3 atom stereocenters. The Labute approximate surface area is 175 Å². The molecule has 160 valence electrons. The summed E-state index contributed by atoms with van der Waals surface area (Å²) in [6.45, 7) is 12.6. The van der Waals surface area contributed by atoms with E-state index in [0.29, 0.717) is 24.9 Å². The number of benzene rings is 1. The number of piperazine rings is 1. The van der Waals surface area contributed by atoms with Crippen molar-refractivity contribution in [2.24, 2.45) is 11.8 Å². The van der Waals surface area contributed by atoms with Gasteiger partial charge in [-0.15, -0.1) is 0 Å². The highest BCUT2D eigenvalue weighted by Crippen LogP contribution is 2.22. The van der Waals surface area contributed by atoms with Gasteiger partial charge in [0.05, 0.1) is 12.6 Å². The summed E-state index contributed by atoms with van der Waals surface area (Å²) >= 11 is 0. The van der Waals surface area contributed by atoms with Crippen molar-refractivity contribution in [1.29, 1.82) is 0 Å². The standard InChI is InChI=1S/C23H36N4O2/c1-18-13-19(2)16-27(15-18)23(29)20(3)26-11-9-25(10-12-26)17-22(28)24-14-21-7-5-4-6-8-21/h4-8,18-20H,9-17H2,1-3H3,(H,24,28)/t18-,19-,20+/m1/s1. The summed E-state index contributed by atoms with van der Waals surface area (Å²) in [5.74, 6) is 1.49. The first-order valence-electron chi connectivity index (χ1n) is 11.0. The van der Waals surface area contributed by atoms with Gasteiger partial charge < -0.3 is 10.2 Å². The van der Waals surface area contributed by atoms with Gasteiger partial charge in [0.25, 0.3) is 0 Å². The van der Waals surface area contributed by atoms with Crippen LogP contribution in [0.5, 0.6) is 0 Å². The quantitative estimate of drug-likeness (QED) is 0.791. The van der Waals surface area contributed by atoms with Crippen LogP contribution in [0.3, 0.4) is 0 Å². The van der Waals surface area contributed by atoms with E-state index in [0.717, 1.165) is 44.8 Å². The summed E-state index contributed by atoms with van der Waals surface area (Å²) in [7, 11) is 0. The van der Waals surface area contributed by atoms with Crippen LogP contribution in [-0.2, 0) is 16.1 Å². The monoisotopic (exact) mass is 400 g/mol. The summed E-state index contributed by atoms with van der Waals surface area (Å²) in [6.07, 6.45) is 1.21. The molecule has 6 heteroatoms. The van der Waals surface area contributed by atoms with Crippen LogP contribution in [0.2, 0.25) is 0 Å². The molecule has 2 amide bonds. The topological polar surface area (TPSA) is 55.9 Å². The summed E-state index contributed by atoms with van der Waals surface area (Å²) < 4.78 is 0. The molecule has 0 aliphatic carbocycles. The molecule has 2 heterocycles. The first kappa shape index (κ1) is 21.8. The van der Waals surface area contributed by atoms with Crippen molar-refractivity contribution >= 4 is 11.8 Å². The van der Waals surface area contributed by atoms with Gasteiger partial charge in [0, 0.05) is 45.8 Å². The van der Waals surface area contributed by atoms with E-state index in [9.17, 15) is 9.59 Å². The fraction of sp³-hybridized carbons (Fsp3) is 0.652. The van der Waals surface area contributed by atoms with E-state index in [1.165, 1.54) is 6.42 Å². The molecule has 0 unspecified atom stereocenters. The van der Waals surface area contributed by atoms with Gasteiger partial charge in [-0.1, -0.05) is 44.2 Å². The maximum atomic E-state index is 13.0. The van der Waals surface area contributed by atoms with E-state index in [4.69, 9.17) is 0 Å². The van der Waals surface area contributed by atoms with Crippen molar-refractivity contribution in [1.82, 2.24) is 20.0 Å². The second-order valence-corrected chi connectivity index (χ2v) is 8.94. The minimum atomic E-state index is -0.0819. The smallest absolute Gasteiger partial charge is 0.239 e. The number of hydrogen-bond donors (Lipinski definition) is 1. The molecule has 1 aromatic rings. The number of nitrogens with one attached hydrogen (secondary N) is 1. The van der Waals surface area contributed by atoms with E-state index < -0.39 is 0 Å². The summed E-state index contributed by atoms with van der Waals surface area (Å²) in [5.41, 5.74) is 1.11. The number of carbonyl (C=O) groups is 2. The number of amides is 2. The average molecular weight is 401 g/mol. The number of rotatable bonds is 6. The molecular weight excluding hydrogens is 364 g/mol. The van der Waals surface area contributed by atoms with E-state index in [1.54, 1.807) is 0 Å². The number of carbonyl (C=O) groups excluding carboxylic acids is 2. The molecule has 0 spiro atoms. The maximum absolute atomic E-state index is 13.0. The third-order valence-electron chi connectivity index (χ3n) is 6.19. The molecule has 3 rings (SSSR count). The molecule has 1 aromatic carbocycles. The van der Waals surface area contributed by atoms with Crippen LogP contribution in [-0.4, -0.2) is 78.4 Å². The van der Waals surface area contributed by atoms with Crippen LogP contribution in [0.1, 0.15) is 32.8 Å². The van der Waals surface area contributed by atoms with E-state index >= 15 is 0 Å². The predicted molar refractivity (Wildman–Crippen MR) is 115 cm³/mol. The Kier molecular flexibility index (Phi) is 7.67. The SMILES string of the molecule is C[C@@H]1C[C@@H](C)CN(C(=O)[C@H](C)N2CCN(CC(=O)NCc3ccccc3)CC2)C1.